The van der Waals surface area contributed by atoms with E-state index in [1.807, 2.05) is 0 Å². The molecule has 4 N–H and O–H groups in total. The van der Waals surface area contributed by atoms with Crippen molar-refractivity contribution in [3.63, 3.8) is 0 Å². The van der Waals surface area contributed by atoms with Gasteiger partial charge in [0.05, 0.1) is 6.61 Å². The van der Waals surface area contributed by atoms with Crippen LogP contribution in [-0.2, 0) is 14.8 Å². The van der Waals surface area contributed by atoms with Crippen LogP contribution >= 0.6 is 0 Å². The summed E-state index contributed by atoms with van der Waals surface area (Å²) in [5.74, 6) is 0. The highest BCUT2D eigenvalue weighted by atomic mass is 32.2. The van der Waals surface area contributed by atoms with E-state index >= 15 is 0 Å². The maximum atomic E-state index is 13.3. The van der Waals surface area contributed by atoms with Crippen LogP contribution in [0.5, 0.6) is 0 Å². The molecule has 31 heavy (non-hydrogen) atoms. The van der Waals surface area contributed by atoms with Gasteiger partial charge >= 0.3 is 0 Å². The molecular weight excluding hydrogens is 422 g/mol. The summed E-state index contributed by atoms with van der Waals surface area (Å²) in [7, 11) is -4.04. The molecule has 186 valence electrons. The lowest BCUT2D eigenvalue weighted by molar-refractivity contribution is -0.0724. The van der Waals surface area contributed by atoms with Crippen molar-refractivity contribution in [1.29, 1.82) is 0 Å². The fraction of sp³-hybridized carbons (Fsp3) is 1.00. The number of aliphatic hydroxyl groups excluding tert-OH is 4. The van der Waals surface area contributed by atoms with E-state index in [9.17, 15) is 23.7 Å². The molecular formula is C22H45NO7S. The molecule has 0 spiro atoms. The Morgan fingerprint density at radius 2 is 1.26 bits per heavy atom. The quantitative estimate of drug-likeness (QED) is 0.227. The summed E-state index contributed by atoms with van der Waals surface area (Å²) >= 11 is 0. The van der Waals surface area contributed by atoms with Crippen molar-refractivity contribution < 1.29 is 33.6 Å². The Balaban J connectivity index is 2.75. The van der Waals surface area contributed by atoms with Gasteiger partial charge in [0.15, 0.2) is 0 Å². The van der Waals surface area contributed by atoms with Gasteiger partial charge in [0.1, 0.15) is 24.4 Å². The molecule has 0 unspecified atom stereocenters. The number of sulfonamides is 1. The Kier molecular flexibility index (Phi) is 14.4. The van der Waals surface area contributed by atoms with E-state index in [1.165, 1.54) is 17.1 Å². The smallest absolute Gasteiger partial charge is 0.244 e. The van der Waals surface area contributed by atoms with E-state index in [2.05, 4.69) is 13.8 Å². The number of rotatable bonds is 18. The van der Waals surface area contributed by atoms with Gasteiger partial charge in [-0.25, -0.2) is 8.42 Å². The third-order valence-corrected chi connectivity index (χ3v) is 8.06. The average molecular weight is 468 g/mol. The van der Waals surface area contributed by atoms with Crippen molar-refractivity contribution in [3.8, 4) is 0 Å². The summed E-state index contributed by atoms with van der Waals surface area (Å²) in [6, 6.07) is 0. The maximum Gasteiger partial charge on any atom is 0.244 e. The van der Waals surface area contributed by atoms with Crippen molar-refractivity contribution in [2.45, 2.75) is 121 Å². The standard InChI is InChI=1S/C22H45NO7S/c1-3-5-7-9-11-13-15-23(16-14-12-10-8-6-4-2)31(28,29)22-20(27)19(26)21(30-22)18(25)17-24/h18-22,24-27H,3-17H2,1-2H3/t18-,19-,20-,21+,22+/m1/s1. The van der Waals surface area contributed by atoms with Gasteiger partial charge in [-0.05, 0) is 12.8 Å². The van der Waals surface area contributed by atoms with Crippen molar-refractivity contribution in [2.75, 3.05) is 19.7 Å². The number of hydrogen-bond donors (Lipinski definition) is 4. The molecule has 5 atom stereocenters. The zero-order chi connectivity index (χ0) is 23.3. The topological polar surface area (TPSA) is 128 Å². The zero-order valence-electron chi connectivity index (χ0n) is 19.4. The van der Waals surface area contributed by atoms with Gasteiger partial charge in [-0.1, -0.05) is 78.1 Å². The second kappa shape index (κ2) is 15.5. The first-order valence-electron chi connectivity index (χ1n) is 12.1. The molecule has 0 saturated carbocycles. The minimum absolute atomic E-state index is 0.347. The number of ether oxygens (including phenoxy) is 1. The number of aliphatic hydroxyl groups is 4. The van der Waals surface area contributed by atoms with Crippen molar-refractivity contribution >= 4 is 10.0 Å². The summed E-state index contributed by atoms with van der Waals surface area (Å²) in [6.45, 7) is 4.30. The van der Waals surface area contributed by atoms with E-state index < -0.39 is 46.5 Å². The van der Waals surface area contributed by atoms with Crippen LogP contribution in [-0.4, -0.2) is 82.7 Å². The van der Waals surface area contributed by atoms with Crippen LogP contribution in [0, 0.1) is 0 Å². The molecule has 0 aliphatic carbocycles. The molecule has 1 fully saturated rings. The molecule has 9 heteroatoms. The molecule has 1 aliphatic heterocycles. The second-order valence-corrected chi connectivity index (χ2v) is 10.7. The Hall–Kier alpha value is -0.290. The first-order valence-corrected chi connectivity index (χ1v) is 13.6. The lowest BCUT2D eigenvalue weighted by Gasteiger charge is -2.27. The monoisotopic (exact) mass is 467 g/mol. The molecule has 1 rings (SSSR count). The normalized spacial score (nSPS) is 25.4. The highest BCUT2D eigenvalue weighted by molar-refractivity contribution is 7.89. The lowest BCUT2D eigenvalue weighted by Crippen LogP contribution is -2.45. The SMILES string of the molecule is CCCCCCCCN(CCCCCCCC)S(=O)(=O)[C@@H]1O[C@@H]([C@H](O)CO)[C@H](O)[C@H]1O. The Morgan fingerprint density at radius 1 is 0.806 bits per heavy atom. The van der Waals surface area contributed by atoms with Gasteiger partial charge in [-0.2, -0.15) is 4.31 Å². The van der Waals surface area contributed by atoms with Gasteiger partial charge in [0.2, 0.25) is 15.5 Å². The van der Waals surface area contributed by atoms with Gasteiger partial charge in [-0.3, -0.25) is 0 Å². The third-order valence-electron chi connectivity index (χ3n) is 6.00. The highest BCUT2D eigenvalue weighted by Crippen LogP contribution is 2.29. The second-order valence-electron chi connectivity index (χ2n) is 8.68. The molecule has 0 amide bonds. The summed E-state index contributed by atoms with van der Waals surface area (Å²) in [6.07, 6.45) is 6.32. The fourth-order valence-electron chi connectivity index (χ4n) is 3.99. The van der Waals surface area contributed by atoms with Gasteiger partial charge in [0, 0.05) is 13.1 Å². The largest absolute Gasteiger partial charge is 0.394 e. The van der Waals surface area contributed by atoms with E-state index in [0.717, 1.165) is 64.2 Å². The summed E-state index contributed by atoms with van der Waals surface area (Å²) in [5, 5.41) is 39.4. The van der Waals surface area contributed by atoms with Crippen molar-refractivity contribution in [2.24, 2.45) is 0 Å². The Morgan fingerprint density at radius 3 is 1.71 bits per heavy atom. The minimum atomic E-state index is -4.04. The number of nitrogens with zero attached hydrogens (tertiary/aromatic N) is 1. The van der Waals surface area contributed by atoms with Gasteiger partial charge < -0.3 is 25.2 Å². The molecule has 0 aromatic rings. The minimum Gasteiger partial charge on any atom is -0.394 e. The third kappa shape index (κ3) is 9.23. The van der Waals surface area contributed by atoms with Crippen LogP contribution in [0.4, 0.5) is 0 Å². The average Bonchev–Trinajstić information content (AvgIpc) is 3.06. The molecule has 1 aliphatic rings. The van der Waals surface area contributed by atoms with Crippen LogP contribution in [0.3, 0.4) is 0 Å². The Labute approximate surface area is 188 Å². The first-order chi connectivity index (χ1) is 14.8. The van der Waals surface area contributed by atoms with E-state index in [4.69, 9.17) is 9.84 Å². The van der Waals surface area contributed by atoms with Gasteiger partial charge in [-0.15, -0.1) is 0 Å². The first kappa shape index (κ1) is 28.7. The zero-order valence-corrected chi connectivity index (χ0v) is 20.2. The van der Waals surface area contributed by atoms with E-state index in [1.54, 1.807) is 0 Å². The van der Waals surface area contributed by atoms with Crippen LogP contribution in [0.2, 0.25) is 0 Å². The van der Waals surface area contributed by atoms with Gasteiger partial charge in [0.25, 0.3) is 0 Å². The van der Waals surface area contributed by atoms with E-state index in [0.29, 0.717) is 13.1 Å². The van der Waals surface area contributed by atoms with Crippen molar-refractivity contribution in [1.82, 2.24) is 4.31 Å². The molecule has 1 heterocycles. The van der Waals surface area contributed by atoms with Crippen LogP contribution in [0.25, 0.3) is 0 Å². The molecule has 0 aromatic heterocycles. The molecule has 0 aromatic carbocycles. The number of hydrogen-bond acceptors (Lipinski definition) is 7. The highest BCUT2D eigenvalue weighted by Gasteiger charge is 2.52. The Bertz CT molecular complexity index is 544. The fourth-order valence-corrected chi connectivity index (χ4v) is 5.83. The lowest BCUT2D eigenvalue weighted by atomic mass is 10.1. The van der Waals surface area contributed by atoms with Crippen LogP contribution in [0.15, 0.2) is 0 Å². The van der Waals surface area contributed by atoms with Crippen molar-refractivity contribution in [3.05, 3.63) is 0 Å². The van der Waals surface area contributed by atoms with E-state index in [-0.39, 0.29) is 0 Å². The number of unbranched alkanes of at least 4 members (excludes halogenated alkanes) is 10. The maximum absolute atomic E-state index is 13.3. The summed E-state index contributed by atoms with van der Waals surface area (Å²) < 4.78 is 33.3. The predicted molar refractivity (Wildman–Crippen MR) is 121 cm³/mol. The summed E-state index contributed by atoms with van der Waals surface area (Å²) in [5.41, 5.74) is -1.64. The molecule has 1 saturated heterocycles. The van der Waals surface area contributed by atoms with Crippen LogP contribution < -0.4 is 0 Å². The predicted octanol–water partition coefficient (Wildman–Crippen LogP) is 2.14. The molecule has 0 bridgehead atoms. The summed E-state index contributed by atoms with van der Waals surface area (Å²) in [4.78, 5) is 0. The molecule has 8 nitrogen and oxygen atoms in total. The molecule has 0 radical (unpaired) electrons. The van der Waals surface area contributed by atoms with Crippen LogP contribution in [0.1, 0.15) is 90.9 Å².